The third-order valence-corrected chi connectivity index (χ3v) is 6.26. The molecule has 1 saturated carbocycles. The average molecular weight is 382 g/mol. The first kappa shape index (κ1) is 17.9. The van der Waals surface area contributed by atoms with Crippen molar-refractivity contribution in [2.75, 3.05) is 0 Å². The van der Waals surface area contributed by atoms with Gasteiger partial charge in [-0.15, -0.1) is 11.3 Å². The number of hydrogen-bond acceptors (Lipinski definition) is 4. The Balaban J connectivity index is 1.61. The molecule has 1 atom stereocenters. The number of amides is 3. The lowest BCUT2D eigenvalue weighted by Crippen LogP contribution is -2.53. The van der Waals surface area contributed by atoms with E-state index in [-0.39, 0.29) is 23.8 Å². The van der Waals surface area contributed by atoms with E-state index < -0.39 is 6.04 Å². The molecule has 0 radical (unpaired) electrons. The van der Waals surface area contributed by atoms with Crippen LogP contribution in [0.4, 0.5) is 0 Å². The van der Waals surface area contributed by atoms with Crippen molar-refractivity contribution >= 4 is 29.1 Å². The first-order valence-electron chi connectivity index (χ1n) is 9.45. The fourth-order valence-corrected chi connectivity index (χ4v) is 4.70. The number of carbonyl (C=O) groups excluding carboxylic acids is 3. The molecule has 140 valence electrons. The van der Waals surface area contributed by atoms with Gasteiger partial charge in [-0.2, -0.15) is 0 Å². The summed E-state index contributed by atoms with van der Waals surface area (Å²) in [5.74, 6) is -0.989. The van der Waals surface area contributed by atoms with Gasteiger partial charge in [0, 0.05) is 17.3 Å². The highest BCUT2D eigenvalue weighted by Gasteiger charge is 2.43. The molecule has 2 heterocycles. The Bertz CT molecular complexity index is 821. The minimum absolute atomic E-state index is 0.132. The Morgan fingerprint density at radius 1 is 1.04 bits per heavy atom. The second kappa shape index (κ2) is 7.64. The summed E-state index contributed by atoms with van der Waals surface area (Å²) >= 11 is 1.53. The second-order valence-electron chi connectivity index (χ2n) is 7.17. The van der Waals surface area contributed by atoms with E-state index in [0.717, 1.165) is 35.5 Å². The van der Waals surface area contributed by atoms with Gasteiger partial charge >= 0.3 is 0 Å². The smallest absolute Gasteiger partial charge is 0.262 e. The van der Waals surface area contributed by atoms with E-state index in [2.05, 4.69) is 5.32 Å². The lowest BCUT2D eigenvalue weighted by Gasteiger charge is -2.29. The van der Waals surface area contributed by atoms with Gasteiger partial charge in [0.25, 0.3) is 11.8 Å². The second-order valence-corrected chi connectivity index (χ2v) is 8.20. The van der Waals surface area contributed by atoms with Crippen LogP contribution in [0.2, 0.25) is 0 Å². The van der Waals surface area contributed by atoms with Crippen LogP contribution in [0.3, 0.4) is 0 Å². The van der Waals surface area contributed by atoms with E-state index in [0.29, 0.717) is 17.5 Å². The van der Waals surface area contributed by atoms with Gasteiger partial charge in [-0.1, -0.05) is 37.5 Å². The van der Waals surface area contributed by atoms with Crippen LogP contribution in [0.15, 0.2) is 41.8 Å². The van der Waals surface area contributed by atoms with Gasteiger partial charge in [0.1, 0.15) is 6.04 Å². The number of carbonyl (C=O) groups is 3. The number of rotatable bonds is 5. The van der Waals surface area contributed by atoms with Crippen molar-refractivity contribution in [2.45, 2.75) is 50.6 Å². The molecule has 1 N–H and O–H groups in total. The standard InChI is InChI=1S/C21H22N2O3S/c24-19(22-14-7-2-1-3-8-14)18(13-15-9-6-12-27-15)23-20(25)16-10-4-5-11-17(16)21(23)26/h4-6,9-12,14,18H,1-3,7-8,13H2,(H,22,24). The summed E-state index contributed by atoms with van der Waals surface area (Å²) < 4.78 is 0. The summed E-state index contributed by atoms with van der Waals surface area (Å²) in [7, 11) is 0. The normalized spacial score (nSPS) is 18.4. The van der Waals surface area contributed by atoms with Crippen LogP contribution < -0.4 is 5.32 Å². The Kier molecular flexibility index (Phi) is 5.07. The molecule has 4 rings (SSSR count). The van der Waals surface area contributed by atoms with Crippen LogP contribution in [0.1, 0.15) is 57.7 Å². The zero-order valence-corrected chi connectivity index (χ0v) is 15.8. The molecule has 1 unspecified atom stereocenters. The van der Waals surface area contributed by atoms with Gasteiger partial charge in [-0.25, -0.2) is 0 Å². The van der Waals surface area contributed by atoms with Gasteiger partial charge in [-0.05, 0) is 36.4 Å². The monoisotopic (exact) mass is 382 g/mol. The lowest BCUT2D eigenvalue weighted by atomic mass is 9.95. The topological polar surface area (TPSA) is 66.5 Å². The number of nitrogens with zero attached hydrogens (tertiary/aromatic N) is 1. The number of thiophene rings is 1. The van der Waals surface area contributed by atoms with Crippen molar-refractivity contribution in [3.05, 3.63) is 57.8 Å². The molecule has 2 aromatic rings. The SMILES string of the molecule is O=C(NC1CCCCC1)C(Cc1cccs1)N1C(=O)c2ccccc2C1=O. The predicted octanol–water partition coefficient (Wildman–Crippen LogP) is 3.40. The molecule has 2 aliphatic rings. The number of imide groups is 1. The molecule has 0 bridgehead atoms. The summed E-state index contributed by atoms with van der Waals surface area (Å²) in [4.78, 5) is 41.1. The van der Waals surface area contributed by atoms with Crippen molar-refractivity contribution < 1.29 is 14.4 Å². The summed E-state index contributed by atoms with van der Waals surface area (Å²) in [6, 6.07) is 9.94. The Morgan fingerprint density at radius 3 is 2.30 bits per heavy atom. The van der Waals surface area contributed by atoms with Gasteiger partial charge in [0.15, 0.2) is 0 Å². The molecule has 1 aliphatic heterocycles. The third kappa shape index (κ3) is 3.54. The highest BCUT2D eigenvalue weighted by molar-refractivity contribution is 7.09. The molecule has 3 amide bonds. The average Bonchev–Trinajstić information content (AvgIpc) is 3.28. The van der Waals surface area contributed by atoms with Crippen molar-refractivity contribution in [2.24, 2.45) is 0 Å². The highest BCUT2D eigenvalue weighted by atomic mass is 32.1. The molecule has 0 spiro atoms. The molecule has 1 aromatic heterocycles. The van der Waals surface area contributed by atoms with Crippen LogP contribution in [-0.4, -0.2) is 34.7 Å². The molecule has 6 heteroatoms. The van der Waals surface area contributed by atoms with E-state index in [1.54, 1.807) is 24.3 Å². The van der Waals surface area contributed by atoms with Crippen LogP contribution in [-0.2, 0) is 11.2 Å². The van der Waals surface area contributed by atoms with Gasteiger partial charge in [0.2, 0.25) is 5.91 Å². The van der Waals surface area contributed by atoms with Gasteiger partial charge in [0.05, 0.1) is 11.1 Å². The maximum Gasteiger partial charge on any atom is 0.262 e. The van der Waals surface area contributed by atoms with E-state index in [9.17, 15) is 14.4 Å². The summed E-state index contributed by atoms with van der Waals surface area (Å²) in [6.45, 7) is 0. The zero-order chi connectivity index (χ0) is 18.8. The van der Waals surface area contributed by atoms with E-state index in [4.69, 9.17) is 0 Å². The quantitative estimate of drug-likeness (QED) is 0.806. The number of benzene rings is 1. The first-order valence-corrected chi connectivity index (χ1v) is 10.3. The largest absolute Gasteiger partial charge is 0.352 e. The van der Waals surface area contributed by atoms with Crippen molar-refractivity contribution in [1.29, 1.82) is 0 Å². The fraction of sp³-hybridized carbons (Fsp3) is 0.381. The van der Waals surface area contributed by atoms with Gasteiger partial charge < -0.3 is 5.32 Å². The van der Waals surface area contributed by atoms with E-state index in [1.165, 1.54) is 17.8 Å². The van der Waals surface area contributed by atoms with Crippen molar-refractivity contribution in [1.82, 2.24) is 10.2 Å². The van der Waals surface area contributed by atoms with Crippen LogP contribution >= 0.6 is 11.3 Å². The molecular weight excluding hydrogens is 360 g/mol. The van der Waals surface area contributed by atoms with Gasteiger partial charge in [-0.3, -0.25) is 19.3 Å². The number of nitrogens with one attached hydrogen (secondary N) is 1. The minimum Gasteiger partial charge on any atom is -0.352 e. The molecule has 1 aromatic carbocycles. The minimum atomic E-state index is -0.821. The van der Waals surface area contributed by atoms with Crippen LogP contribution in [0, 0.1) is 0 Å². The van der Waals surface area contributed by atoms with E-state index in [1.807, 2.05) is 17.5 Å². The van der Waals surface area contributed by atoms with Crippen LogP contribution in [0.5, 0.6) is 0 Å². The van der Waals surface area contributed by atoms with Crippen molar-refractivity contribution in [3.8, 4) is 0 Å². The lowest BCUT2D eigenvalue weighted by molar-refractivity contribution is -0.125. The fourth-order valence-electron chi connectivity index (χ4n) is 3.96. The summed E-state index contributed by atoms with van der Waals surface area (Å²) in [5.41, 5.74) is 0.758. The predicted molar refractivity (Wildman–Crippen MR) is 104 cm³/mol. The Morgan fingerprint density at radius 2 is 1.70 bits per heavy atom. The Hall–Kier alpha value is -2.47. The maximum absolute atomic E-state index is 13.1. The molecular formula is C21H22N2O3S. The molecule has 5 nitrogen and oxygen atoms in total. The summed E-state index contributed by atoms with van der Waals surface area (Å²) in [6.07, 6.45) is 5.67. The third-order valence-electron chi connectivity index (χ3n) is 5.37. The molecule has 1 fully saturated rings. The molecule has 1 aliphatic carbocycles. The molecule has 27 heavy (non-hydrogen) atoms. The van der Waals surface area contributed by atoms with E-state index >= 15 is 0 Å². The zero-order valence-electron chi connectivity index (χ0n) is 15.0. The Labute approximate surface area is 162 Å². The summed E-state index contributed by atoms with van der Waals surface area (Å²) in [5, 5.41) is 5.03. The van der Waals surface area contributed by atoms with Crippen molar-refractivity contribution in [3.63, 3.8) is 0 Å². The maximum atomic E-state index is 13.1. The van der Waals surface area contributed by atoms with Crippen LogP contribution in [0.25, 0.3) is 0 Å². The highest BCUT2D eigenvalue weighted by Crippen LogP contribution is 2.27. The first-order chi connectivity index (χ1) is 13.1. The number of fused-ring (bicyclic) bond motifs is 1. The number of hydrogen-bond donors (Lipinski definition) is 1. The molecule has 0 saturated heterocycles.